The van der Waals surface area contributed by atoms with E-state index in [9.17, 15) is 33.9 Å². The number of ether oxygens (including phenoxy) is 1. The fourth-order valence-electron chi connectivity index (χ4n) is 8.14. The van der Waals surface area contributed by atoms with Crippen LogP contribution in [-0.4, -0.2) is 101 Å². The summed E-state index contributed by atoms with van der Waals surface area (Å²) in [5.74, 6) is -2.18. The topological polar surface area (TPSA) is 203 Å². The van der Waals surface area contributed by atoms with Gasteiger partial charge in [0, 0.05) is 19.6 Å². The number of carbonyl (C=O) groups is 6. The van der Waals surface area contributed by atoms with Gasteiger partial charge in [0.15, 0.2) is 11.9 Å². The van der Waals surface area contributed by atoms with Gasteiger partial charge in [0.05, 0.1) is 25.6 Å². The third-order valence-electron chi connectivity index (χ3n) is 11.4. The highest BCUT2D eigenvalue weighted by molar-refractivity contribution is 5.94. The number of unbranched alkanes of at least 4 members (excludes halogenated alkanes) is 3. The van der Waals surface area contributed by atoms with Crippen LogP contribution in [0.3, 0.4) is 0 Å². The average molecular weight is 864 g/mol. The number of nitrogens with zero attached hydrogens (tertiary/aromatic N) is 1. The van der Waals surface area contributed by atoms with Gasteiger partial charge in [-0.15, -0.1) is 0 Å². The molecule has 0 bridgehead atoms. The first-order valence-electron chi connectivity index (χ1n) is 23.1. The molecule has 1 heterocycles. The van der Waals surface area contributed by atoms with E-state index in [-0.39, 0.29) is 43.0 Å². The molecule has 0 radical (unpaired) electrons. The molecule has 1 aliphatic carbocycles. The minimum Gasteiger partial charge on any atom is -0.494 e. The van der Waals surface area contributed by atoms with Gasteiger partial charge in [-0.25, -0.2) is 0 Å². The molecule has 1 aliphatic heterocycles. The van der Waals surface area contributed by atoms with Crippen molar-refractivity contribution < 1.29 is 43.7 Å². The smallest absolute Gasteiger partial charge is 0.251 e. The summed E-state index contributed by atoms with van der Waals surface area (Å²) in [5.41, 5.74) is 1.37. The van der Waals surface area contributed by atoms with Crippen LogP contribution < -0.4 is 26.0 Å². The number of aliphatic hydroxyl groups excluding tert-OH is 2. The molecule has 4 rings (SSSR count). The number of likely N-dealkylation sites (tertiary alicyclic amines) is 1. The Balaban J connectivity index is 0.00000504. The molecule has 14 heteroatoms. The molecule has 344 valence electrons. The highest BCUT2D eigenvalue weighted by Gasteiger charge is 2.42. The van der Waals surface area contributed by atoms with Crippen molar-refractivity contribution in [2.24, 2.45) is 5.92 Å². The van der Waals surface area contributed by atoms with Crippen molar-refractivity contribution in [3.05, 3.63) is 65.7 Å². The first-order valence-corrected chi connectivity index (χ1v) is 23.1. The van der Waals surface area contributed by atoms with Gasteiger partial charge in [-0.2, -0.15) is 0 Å². The minimum absolute atomic E-state index is 0.0410. The van der Waals surface area contributed by atoms with E-state index in [2.05, 4.69) is 21.3 Å². The summed E-state index contributed by atoms with van der Waals surface area (Å²) in [6, 6.07) is 12.6. The van der Waals surface area contributed by atoms with Gasteiger partial charge in [-0.1, -0.05) is 109 Å². The molecule has 14 nitrogen and oxygen atoms in total. The summed E-state index contributed by atoms with van der Waals surface area (Å²) in [5, 5.41) is 31.2. The molecule has 2 aromatic carbocycles. The monoisotopic (exact) mass is 864 g/mol. The van der Waals surface area contributed by atoms with Crippen LogP contribution in [0.15, 0.2) is 54.6 Å². The molecule has 0 aromatic heterocycles. The van der Waals surface area contributed by atoms with Crippen LogP contribution in [0.4, 0.5) is 0 Å². The summed E-state index contributed by atoms with van der Waals surface area (Å²) in [4.78, 5) is 82.7. The number of carbonyl (C=O) groups excluding carboxylic acids is 6. The molecule has 0 spiro atoms. The van der Waals surface area contributed by atoms with Gasteiger partial charge < -0.3 is 41.1 Å². The van der Waals surface area contributed by atoms with E-state index >= 15 is 0 Å². The molecule has 1 saturated heterocycles. The zero-order chi connectivity index (χ0) is 45.3. The fraction of sp³-hybridized carbons (Fsp3) is 0.625. The molecular weight excluding hydrogens is 791 g/mol. The van der Waals surface area contributed by atoms with Crippen LogP contribution in [0.1, 0.15) is 141 Å². The highest BCUT2D eigenvalue weighted by Crippen LogP contribution is 2.30. The Morgan fingerprint density at radius 1 is 0.806 bits per heavy atom. The van der Waals surface area contributed by atoms with E-state index in [0.717, 1.165) is 50.5 Å². The fourth-order valence-corrected chi connectivity index (χ4v) is 8.14. The quantitative estimate of drug-likeness (QED) is 0.0723. The van der Waals surface area contributed by atoms with Gasteiger partial charge in [0.1, 0.15) is 23.9 Å². The number of Topliss-reactive ketones (excluding diaryl/α,β-unsaturated/α-hetero) is 1. The van der Waals surface area contributed by atoms with E-state index in [1.807, 2.05) is 52.0 Å². The average Bonchev–Trinajstić information content (AvgIpc) is 3.79. The number of benzene rings is 2. The standard InChI is InChI=1S/C46H67N5O9.C2H6/c1-3-5-8-25-38(53)41(33-19-9-6-10-20-33)50-40(55)31-47-45(58)43(56)36(17-4-2)48-44(57)37-24-16-26-51(37)46(59)42(34-21-11-7-12-22-34)49-39(54)30-32-18-15-23-35(29-32)60-28-14-13-27-52;1-2/h6,9-10,15,18-20,23,29,34,36-37,41-43,52,56H,3-5,7-8,11-14,16-17,21-22,24-28,30-31H2,1-2H3,(H,47,58)(H,48,57)(H,49,54)(H,50,55);1-2H3. The molecule has 2 fully saturated rings. The van der Waals surface area contributed by atoms with Crippen LogP contribution in [0.2, 0.25) is 0 Å². The van der Waals surface area contributed by atoms with Crippen molar-refractivity contribution in [2.45, 2.75) is 161 Å². The van der Waals surface area contributed by atoms with Gasteiger partial charge in [0.25, 0.3) is 5.91 Å². The Kier molecular flexibility index (Phi) is 23.9. The first kappa shape index (κ1) is 51.5. The van der Waals surface area contributed by atoms with Gasteiger partial charge in [0.2, 0.25) is 23.6 Å². The molecule has 1 saturated carbocycles. The maximum Gasteiger partial charge on any atom is 0.251 e. The lowest BCUT2D eigenvalue weighted by molar-refractivity contribution is -0.143. The number of hydrogen-bond donors (Lipinski definition) is 6. The van der Waals surface area contributed by atoms with Gasteiger partial charge >= 0.3 is 0 Å². The second kappa shape index (κ2) is 28.7. The molecule has 2 aliphatic rings. The van der Waals surface area contributed by atoms with Gasteiger partial charge in [-0.05, 0) is 80.5 Å². The van der Waals surface area contributed by atoms with Crippen LogP contribution >= 0.6 is 0 Å². The predicted molar refractivity (Wildman–Crippen MR) is 239 cm³/mol. The van der Waals surface area contributed by atoms with Crippen molar-refractivity contribution in [1.29, 1.82) is 0 Å². The second-order valence-corrected chi connectivity index (χ2v) is 16.1. The van der Waals surface area contributed by atoms with Crippen molar-refractivity contribution in [1.82, 2.24) is 26.2 Å². The number of nitrogens with one attached hydrogen (secondary N) is 4. The lowest BCUT2D eigenvalue weighted by Gasteiger charge is -2.35. The zero-order valence-electron chi connectivity index (χ0n) is 37.5. The van der Waals surface area contributed by atoms with E-state index in [0.29, 0.717) is 69.4 Å². The van der Waals surface area contributed by atoms with Crippen molar-refractivity contribution in [2.75, 3.05) is 26.3 Å². The van der Waals surface area contributed by atoms with Crippen LogP contribution in [0.25, 0.3) is 0 Å². The zero-order valence-corrected chi connectivity index (χ0v) is 37.5. The normalized spacial score (nSPS) is 17.0. The Morgan fingerprint density at radius 3 is 2.24 bits per heavy atom. The lowest BCUT2D eigenvalue weighted by Crippen LogP contribution is -2.58. The third kappa shape index (κ3) is 16.8. The van der Waals surface area contributed by atoms with Crippen molar-refractivity contribution in [3.63, 3.8) is 0 Å². The van der Waals surface area contributed by atoms with Crippen LogP contribution in [-0.2, 0) is 35.2 Å². The maximum atomic E-state index is 14.4. The predicted octanol–water partition coefficient (Wildman–Crippen LogP) is 5.23. The van der Waals surface area contributed by atoms with Gasteiger partial charge in [-0.3, -0.25) is 28.8 Å². The molecule has 6 N–H and O–H groups in total. The van der Waals surface area contributed by atoms with Crippen molar-refractivity contribution in [3.8, 4) is 5.75 Å². The molecule has 62 heavy (non-hydrogen) atoms. The largest absolute Gasteiger partial charge is 0.494 e. The van der Waals surface area contributed by atoms with E-state index in [1.165, 1.54) is 4.90 Å². The Morgan fingerprint density at radius 2 is 1.55 bits per heavy atom. The summed E-state index contributed by atoms with van der Waals surface area (Å²) in [6.07, 6.45) is 8.76. The highest BCUT2D eigenvalue weighted by atomic mass is 16.5. The summed E-state index contributed by atoms with van der Waals surface area (Å²) < 4.78 is 5.78. The number of hydrogen-bond acceptors (Lipinski definition) is 9. The SMILES string of the molecule is CC.CCCCCC(=O)C(NC(=O)CNC(=O)C(O)C(CCC)NC(=O)C1CCCN1C(=O)C(NC(=O)Cc1cccc(OCCCCO)c1)C1CCCCC1)c1ccccc1. The van der Waals surface area contributed by atoms with Crippen LogP contribution in [0, 0.1) is 5.92 Å². The second-order valence-electron chi connectivity index (χ2n) is 16.1. The summed E-state index contributed by atoms with van der Waals surface area (Å²) in [7, 11) is 0. The number of amides is 5. The third-order valence-corrected chi connectivity index (χ3v) is 11.4. The lowest BCUT2D eigenvalue weighted by atomic mass is 9.83. The Labute approximate surface area is 368 Å². The molecule has 5 unspecified atom stereocenters. The Hall–Kier alpha value is -4.82. The van der Waals surface area contributed by atoms with Crippen LogP contribution in [0.5, 0.6) is 5.75 Å². The maximum absolute atomic E-state index is 14.4. The molecule has 2 aromatic rings. The molecular formula is C48H73N5O9. The minimum atomic E-state index is -1.69. The first-order chi connectivity index (χ1) is 30.1. The molecule has 5 atom stereocenters. The number of ketones is 1. The van der Waals surface area contributed by atoms with E-state index in [1.54, 1.807) is 30.3 Å². The number of aliphatic hydroxyl groups is 2. The van der Waals surface area contributed by atoms with Crippen molar-refractivity contribution >= 4 is 35.3 Å². The summed E-state index contributed by atoms with van der Waals surface area (Å²) in [6.45, 7) is 8.28. The number of rotatable bonds is 25. The van der Waals surface area contributed by atoms with E-state index < -0.39 is 54.5 Å². The molecule has 5 amide bonds. The summed E-state index contributed by atoms with van der Waals surface area (Å²) >= 11 is 0. The Bertz CT molecular complexity index is 1690. The van der Waals surface area contributed by atoms with E-state index in [4.69, 9.17) is 9.84 Å².